The van der Waals surface area contributed by atoms with E-state index in [1.807, 2.05) is 30.3 Å². The maximum Gasteiger partial charge on any atom is 0.344 e. The van der Waals surface area contributed by atoms with Gasteiger partial charge in [-0.15, -0.1) is 0 Å². The highest BCUT2D eigenvalue weighted by Gasteiger charge is 2.39. The van der Waals surface area contributed by atoms with Crippen LogP contribution in [-0.4, -0.2) is 29.3 Å². The number of hydrogen-bond donors (Lipinski definition) is 1. The zero-order chi connectivity index (χ0) is 16.8. The molecule has 25 heavy (non-hydrogen) atoms. The van der Waals surface area contributed by atoms with Gasteiger partial charge < -0.3 is 14.6 Å². The summed E-state index contributed by atoms with van der Waals surface area (Å²) in [6.45, 7) is 0. The average Bonchev–Trinajstić information content (AvgIpc) is 3.29. The highest BCUT2D eigenvalue weighted by molar-refractivity contribution is 5.97. The molecule has 0 amide bonds. The van der Waals surface area contributed by atoms with Crippen molar-refractivity contribution in [3.8, 4) is 11.3 Å². The number of fused-ring (bicyclic) bond motifs is 2. The van der Waals surface area contributed by atoms with Crippen LogP contribution in [0.4, 0.5) is 0 Å². The van der Waals surface area contributed by atoms with E-state index in [2.05, 4.69) is 10.5 Å². The van der Waals surface area contributed by atoms with E-state index in [0.29, 0.717) is 35.0 Å². The smallest absolute Gasteiger partial charge is 0.344 e. The van der Waals surface area contributed by atoms with E-state index in [4.69, 9.17) is 9.26 Å². The minimum absolute atomic E-state index is 0.00294. The van der Waals surface area contributed by atoms with Crippen molar-refractivity contribution in [1.82, 2.24) is 10.5 Å². The van der Waals surface area contributed by atoms with Gasteiger partial charge in [0.25, 0.3) is 0 Å². The van der Waals surface area contributed by atoms with Crippen LogP contribution in [0.15, 0.2) is 34.9 Å². The van der Waals surface area contributed by atoms with Gasteiger partial charge in [0, 0.05) is 23.6 Å². The summed E-state index contributed by atoms with van der Waals surface area (Å²) in [6.07, 6.45) is 6.31. The van der Waals surface area contributed by atoms with Gasteiger partial charge in [0.15, 0.2) is 5.76 Å². The Morgan fingerprint density at radius 3 is 2.48 bits per heavy atom. The van der Waals surface area contributed by atoms with E-state index in [9.17, 15) is 4.79 Å². The number of hydrogen-bond acceptors (Lipinski definition) is 5. The molecule has 1 aromatic heterocycles. The van der Waals surface area contributed by atoms with Crippen LogP contribution < -0.4 is 5.32 Å². The Morgan fingerprint density at radius 2 is 1.80 bits per heavy atom. The second-order valence-electron chi connectivity index (χ2n) is 7.55. The van der Waals surface area contributed by atoms with Gasteiger partial charge in [0.05, 0.1) is 0 Å². The van der Waals surface area contributed by atoms with Crippen LogP contribution in [0.25, 0.3) is 11.3 Å². The zero-order valence-electron chi connectivity index (χ0n) is 14.1. The average molecular weight is 338 g/mol. The van der Waals surface area contributed by atoms with Gasteiger partial charge in [-0.05, 0) is 38.5 Å². The van der Waals surface area contributed by atoms with Crippen LogP contribution in [0.3, 0.4) is 0 Å². The van der Waals surface area contributed by atoms with Crippen molar-refractivity contribution in [3.63, 3.8) is 0 Å². The molecular formula is C20H22N2O3. The highest BCUT2D eigenvalue weighted by atomic mass is 16.5. The Balaban J connectivity index is 1.43. The summed E-state index contributed by atoms with van der Waals surface area (Å²) < 4.78 is 11.5. The van der Waals surface area contributed by atoms with E-state index >= 15 is 0 Å². The lowest BCUT2D eigenvalue weighted by Gasteiger charge is -2.28. The predicted molar refractivity (Wildman–Crippen MR) is 92.3 cm³/mol. The molecule has 1 aromatic carbocycles. The molecule has 3 aliphatic rings. The van der Waals surface area contributed by atoms with Crippen molar-refractivity contribution in [2.45, 2.75) is 62.6 Å². The van der Waals surface area contributed by atoms with E-state index in [1.165, 1.54) is 12.8 Å². The number of benzene rings is 1. The molecule has 5 nitrogen and oxygen atoms in total. The van der Waals surface area contributed by atoms with Crippen molar-refractivity contribution >= 4 is 5.97 Å². The Hall–Kier alpha value is -2.14. The quantitative estimate of drug-likeness (QED) is 0.862. The predicted octanol–water partition coefficient (Wildman–Crippen LogP) is 3.66. The molecule has 5 rings (SSSR count). The normalized spacial score (nSPS) is 28.1. The first-order valence-electron chi connectivity index (χ1n) is 9.30. The fraction of sp³-hybridized carbons (Fsp3) is 0.500. The Kier molecular flexibility index (Phi) is 3.63. The van der Waals surface area contributed by atoms with Gasteiger partial charge in [-0.1, -0.05) is 35.5 Å². The fourth-order valence-electron chi connectivity index (χ4n) is 4.23. The first-order valence-corrected chi connectivity index (χ1v) is 9.30. The number of carbonyl (C=O) groups is 1. The number of rotatable bonds is 4. The van der Waals surface area contributed by atoms with E-state index in [-0.39, 0.29) is 12.1 Å². The molecule has 0 radical (unpaired) electrons. The molecule has 1 N–H and O–H groups in total. The SMILES string of the molecule is O=C(O[C@@H]1C[C@H]2CC[C@@H](C1)N2)c1c(-c2ccccc2)noc1C1CC1. The third kappa shape index (κ3) is 2.86. The molecule has 1 saturated carbocycles. The summed E-state index contributed by atoms with van der Waals surface area (Å²) in [7, 11) is 0. The van der Waals surface area contributed by atoms with E-state index in [0.717, 1.165) is 31.2 Å². The lowest BCUT2D eigenvalue weighted by Crippen LogP contribution is -2.42. The monoisotopic (exact) mass is 338 g/mol. The van der Waals surface area contributed by atoms with Gasteiger partial charge in [0.1, 0.15) is 17.4 Å². The molecule has 130 valence electrons. The lowest BCUT2D eigenvalue weighted by molar-refractivity contribution is 0.0175. The van der Waals surface area contributed by atoms with E-state index < -0.39 is 0 Å². The van der Waals surface area contributed by atoms with Crippen LogP contribution in [0.1, 0.15) is 60.6 Å². The zero-order valence-corrected chi connectivity index (χ0v) is 14.1. The molecule has 2 aliphatic heterocycles. The van der Waals surface area contributed by atoms with Gasteiger partial charge in [0.2, 0.25) is 0 Å². The van der Waals surface area contributed by atoms with Crippen molar-refractivity contribution in [2.24, 2.45) is 0 Å². The maximum atomic E-state index is 13.0. The third-order valence-corrected chi connectivity index (χ3v) is 5.62. The molecule has 2 saturated heterocycles. The minimum atomic E-state index is -0.270. The molecule has 2 bridgehead atoms. The number of nitrogens with one attached hydrogen (secondary N) is 1. The highest BCUT2D eigenvalue weighted by Crippen LogP contribution is 2.44. The third-order valence-electron chi connectivity index (χ3n) is 5.62. The Labute approximate surface area is 146 Å². The number of aromatic nitrogens is 1. The Bertz CT molecular complexity index is 769. The minimum Gasteiger partial charge on any atom is -0.459 e. The molecule has 3 heterocycles. The number of esters is 1. The summed E-state index contributed by atoms with van der Waals surface area (Å²) in [5.41, 5.74) is 2.06. The summed E-state index contributed by atoms with van der Waals surface area (Å²) in [5, 5.41) is 7.80. The van der Waals surface area contributed by atoms with Crippen LogP contribution >= 0.6 is 0 Å². The topological polar surface area (TPSA) is 64.4 Å². The molecule has 3 atom stereocenters. The number of piperidine rings is 1. The van der Waals surface area contributed by atoms with Crippen molar-refractivity contribution in [1.29, 1.82) is 0 Å². The van der Waals surface area contributed by atoms with E-state index in [1.54, 1.807) is 0 Å². The van der Waals surface area contributed by atoms with Crippen LogP contribution in [0, 0.1) is 0 Å². The molecular weight excluding hydrogens is 316 g/mol. The van der Waals surface area contributed by atoms with Crippen LogP contribution in [-0.2, 0) is 4.74 Å². The number of nitrogens with zero attached hydrogens (tertiary/aromatic N) is 1. The maximum absolute atomic E-state index is 13.0. The first kappa shape index (κ1) is 15.1. The molecule has 0 spiro atoms. The Morgan fingerprint density at radius 1 is 1.08 bits per heavy atom. The molecule has 2 aromatic rings. The summed E-state index contributed by atoms with van der Waals surface area (Å²) in [5.74, 6) is 0.755. The second-order valence-corrected chi connectivity index (χ2v) is 7.55. The fourth-order valence-corrected chi connectivity index (χ4v) is 4.23. The number of carbonyl (C=O) groups excluding carboxylic acids is 1. The van der Waals surface area contributed by atoms with Crippen LogP contribution in [0.5, 0.6) is 0 Å². The van der Waals surface area contributed by atoms with Crippen molar-refractivity contribution in [3.05, 3.63) is 41.7 Å². The van der Waals surface area contributed by atoms with Crippen molar-refractivity contribution < 1.29 is 14.1 Å². The second kappa shape index (κ2) is 5.99. The molecule has 3 fully saturated rings. The standard InChI is InChI=1S/C20H22N2O3/c23-20(24-16-10-14-8-9-15(11-16)21-14)17-18(12-4-2-1-3-5-12)22-25-19(17)13-6-7-13/h1-5,13-16,21H,6-11H2/t14-,15+,16-. The largest absolute Gasteiger partial charge is 0.459 e. The summed E-state index contributed by atoms with van der Waals surface area (Å²) >= 11 is 0. The summed E-state index contributed by atoms with van der Waals surface area (Å²) in [6, 6.07) is 10.7. The number of ether oxygens (including phenoxy) is 1. The van der Waals surface area contributed by atoms with Gasteiger partial charge >= 0.3 is 5.97 Å². The van der Waals surface area contributed by atoms with Gasteiger partial charge in [-0.3, -0.25) is 0 Å². The first-order chi connectivity index (χ1) is 12.3. The molecule has 5 heteroatoms. The lowest BCUT2D eigenvalue weighted by atomic mass is 10.0. The van der Waals surface area contributed by atoms with Gasteiger partial charge in [-0.2, -0.15) is 0 Å². The summed E-state index contributed by atoms with van der Waals surface area (Å²) in [4.78, 5) is 13.0. The molecule has 0 unspecified atom stereocenters. The van der Waals surface area contributed by atoms with Crippen molar-refractivity contribution in [2.75, 3.05) is 0 Å². The van der Waals surface area contributed by atoms with Crippen LogP contribution in [0.2, 0.25) is 0 Å². The molecule has 1 aliphatic carbocycles. The van der Waals surface area contributed by atoms with Gasteiger partial charge in [-0.25, -0.2) is 4.79 Å².